The maximum atomic E-state index is 13.1. The molecule has 1 fully saturated rings. The summed E-state index contributed by atoms with van der Waals surface area (Å²) < 4.78 is 13.1. The summed E-state index contributed by atoms with van der Waals surface area (Å²) in [6, 6.07) is 12.9. The van der Waals surface area contributed by atoms with Gasteiger partial charge in [-0.25, -0.2) is 9.37 Å². The predicted molar refractivity (Wildman–Crippen MR) is 125 cm³/mol. The Morgan fingerprint density at radius 3 is 2.65 bits per heavy atom. The molecule has 1 aromatic heterocycles. The molecule has 3 N–H and O–H groups in total. The van der Waals surface area contributed by atoms with E-state index < -0.39 is 17.5 Å². The number of aromatic hydroxyl groups is 2. The summed E-state index contributed by atoms with van der Waals surface area (Å²) in [6.45, 7) is 2.79. The second-order valence-corrected chi connectivity index (χ2v) is 8.73. The van der Waals surface area contributed by atoms with Gasteiger partial charge in [-0.2, -0.15) is 4.98 Å². The molecule has 1 aliphatic rings. The van der Waals surface area contributed by atoms with Crippen LogP contribution in [0.1, 0.15) is 33.5 Å². The molecule has 4 rings (SSSR count). The van der Waals surface area contributed by atoms with Crippen LogP contribution in [0.2, 0.25) is 5.02 Å². The summed E-state index contributed by atoms with van der Waals surface area (Å²) in [6.07, 6.45) is 0. The molecule has 1 saturated heterocycles. The molecule has 178 valence electrons. The molecule has 8 nitrogen and oxygen atoms in total. The first-order valence-electron chi connectivity index (χ1n) is 10.8. The SMILES string of the molecule is CN1CCN(Cc2cccc(Cl)c2)C(c2nc(O)c(O)c(C(=O)NCc3ccc(F)cc3)n2)C1. The molecule has 1 atom stereocenters. The van der Waals surface area contributed by atoms with Crippen LogP contribution in [-0.2, 0) is 13.1 Å². The van der Waals surface area contributed by atoms with Crippen molar-refractivity contribution in [3.8, 4) is 11.6 Å². The fourth-order valence-corrected chi connectivity index (χ4v) is 4.11. The lowest BCUT2D eigenvalue weighted by Gasteiger charge is -2.39. The summed E-state index contributed by atoms with van der Waals surface area (Å²) in [7, 11) is 1.97. The quantitative estimate of drug-likeness (QED) is 0.493. The lowest BCUT2D eigenvalue weighted by atomic mass is 10.1. The Hall–Kier alpha value is -3.27. The molecule has 0 spiro atoms. The van der Waals surface area contributed by atoms with E-state index >= 15 is 0 Å². The standard InChI is InChI=1S/C24H25ClFN5O3/c1-30-9-10-31(13-16-3-2-4-17(25)11-16)19(14-30)22-28-20(21(32)24(34)29-22)23(33)27-12-15-5-7-18(26)8-6-15/h2-8,11,19,32H,9-10,12-14H2,1H3,(H,27,33)(H,28,29,34). The zero-order valence-corrected chi connectivity index (χ0v) is 19.3. The number of aromatic nitrogens is 2. The average Bonchev–Trinajstić information content (AvgIpc) is 2.81. The number of nitrogens with one attached hydrogen (secondary N) is 1. The number of piperazine rings is 1. The first-order valence-corrected chi connectivity index (χ1v) is 11.2. The Labute approximate surface area is 201 Å². The van der Waals surface area contributed by atoms with E-state index in [0.29, 0.717) is 30.2 Å². The van der Waals surface area contributed by atoms with E-state index in [1.54, 1.807) is 12.1 Å². The Morgan fingerprint density at radius 2 is 1.91 bits per heavy atom. The average molecular weight is 486 g/mol. The summed E-state index contributed by atoms with van der Waals surface area (Å²) in [5, 5.41) is 23.8. The van der Waals surface area contributed by atoms with Crippen LogP contribution in [0.3, 0.4) is 0 Å². The third-order valence-corrected chi connectivity index (χ3v) is 5.97. The lowest BCUT2D eigenvalue weighted by Crippen LogP contribution is -2.47. The molecule has 0 radical (unpaired) electrons. The molecule has 34 heavy (non-hydrogen) atoms. The van der Waals surface area contributed by atoms with E-state index in [4.69, 9.17) is 11.6 Å². The van der Waals surface area contributed by atoms with Crippen LogP contribution < -0.4 is 5.32 Å². The minimum absolute atomic E-state index is 0.103. The van der Waals surface area contributed by atoms with Gasteiger partial charge in [-0.05, 0) is 42.4 Å². The maximum absolute atomic E-state index is 13.1. The Bertz CT molecular complexity index is 1180. The van der Waals surface area contributed by atoms with E-state index in [0.717, 1.165) is 12.1 Å². The van der Waals surface area contributed by atoms with Crippen LogP contribution in [0, 0.1) is 5.82 Å². The van der Waals surface area contributed by atoms with Gasteiger partial charge < -0.3 is 20.4 Å². The van der Waals surface area contributed by atoms with Crippen LogP contribution in [0.15, 0.2) is 48.5 Å². The highest BCUT2D eigenvalue weighted by Gasteiger charge is 2.31. The van der Waals surface area contributed by atoms with Gasteiger partial charge in [0, 0.05) is 37.7 Å². The first-order chi connectivity index (χ1) is 16.3. The lowest BCUT2D eigenvalue weighted by molar-refractivity contribution is 0.0771. The summed E-state index contributed by atoms with van der Waals surface area (Å²) in [5.41, 5.74) is 1.37. The highest BCUT2D eigenvalue weighted by Crippen LogP contribution is 2.31. The van der Waals surface area contributed by atoms with Crippen LogP contribution in [0.5, 0.6) is 11.6 Å². The number of rotatable bonds is 6. The van der Waals surface area contributed by atoms with Crippen LogP contribution in [0.4, 0.5) is 4.39 Å². The Kier molecular flexibility index (Phi) is 7.26. The molecule has 3 aromatic rings. The summed E-state index contributed by atoms with van der Waals surface area (Å²) >= 11 is 6.14. The molecule has 0 aliphatic carbocycles. The van der Waals surface area contributed by atoms with Crippen molar-refractivity contribution in [3.63, 3.8) is 0 Å². The van der Waals surface area contributed by atoms with Gasteiger partial charge >= 0.3 is 0 Å². The van der Waals surface area contributed by atoms with Crippen molar-refractivity contribution >= 4 is 17.5 Å². The van der Waals surface area contributed by atoms with Gasteiger partial charge in [0.05, 0.1) is 6.04 Å². The number of hydrogen-bond acceptors (Lipinski definition) is 7. The zero-order valence-electron chi connectivity index (χ0n) is 18.6. The summed E-state index contributed by atoms with van der Waals surface area (Å²) in [4.78, 5) is 25.5. The minimum Gasteiger partial charge on any atom is -0.501 e. The van der Waals surface area contributed by atoms with Crippen LogP contribution in [0.25, 0.3) is 0 Å². The second-order valence-electron chi connectivity index (χ2n) is 8.29. The van der Waals surface area contributed by atoms with E-state index in [1.807, 2.05) is 31.3 Å². The van der Waals surface area contributed by atoms with Crippen molar-refractivity contribution in [1.82, 2.24) is 25.1 Å². The van der Waals surface area contributed by atoms with Gasteiger partial charge in [-0.3, -0.25) is 9.69 Å². The first kappa shape index (κ1) is 23.9. The van der Waals surface area contributed by atoms with Gasteiger partial charge in [0.2, 0.25) is 5.75 Å². The molecule has 2 heterocycles. The van der Waals surface area contributed by atoms with E-state index in [1.165, 1.54) is 12.1 Å². The number of hydrogen-bond donors (Lipinski definition) is 3. The third-order valence-electron chi connectivity index (χ3n) is 5.73. The monoisotopic (exact) mass is 485 g/mol. The molecule has 1 unspecified atom stereocenters. The normalized spacial score (nSPS) is 17.0. The van der Waals surface area contributed by atoms with Gasteiger partial charge in [-0.1, -0.05) is 35.9 Å². The molecular weight excluding hydrogens is 461 g/mol. The van der Waals surface area contributed by atoms with Crippen LogP contribution >= 0.6 is 11.6 Å². The molecule has 1 aliphatic heterocycles. The van der Waals surface area contributed by atoms with Gasteiger partial charge in [0.25, 0.3) is 11.8 Å². The highest BCUT2D eigenvalue weighted by atomic mass is 35.5. The molecule has 1 amide bonds. The number of carbonyl (C=O) groups excluding carboxylic acids is 1. The fourth-order valence-electron chi connectivity index (χ4n) is 3.90. The minimum atomic E-state index is -0.689. The van der Waals surface area contributed by atoms with E-state index in [2.05, 4.69) is 25.1 Å². The van der Waals surface area contributed by atoms with Crippen molar-refractivity contribution in [2.24, 2.45) is 0 Å². The number of benzene rings is 2. The van der Waals surface area contributed by atoms with Gasteiger partial charge in [0.15, 0.2) is 11.5 Å². The third kappa shape index (κ3) is 5.61. The number of likely N-dealkylation sites (N-methyl/N-ethyl adjacent to an activating group) is 1. The highest BCUT2D eigenvalue weighted by molar-refractivity contribution is 6.30. The van der Waals surface area contributed by atoms with Gasteiger partial charge in [-0.15, -0.1) is 0 Å². The number of amides is 1. The van der Waals surface area contributed by atoms with Crippen molar-refractivity contribution in [2.45, 2.75) is 19.1 Å². The van der Waals surface area contributed by atoms with Gasteiger partial charge in [0.1, 0.15) is 5.82 Å². The van der Waals surface area contributed by atoms with Crippen LogP contribution in [-0.4, -0.2) is 62.6 Å². The van der Waals surface area contributed by atoms with Crippen molar-refractivity contribution < 1.29 is 19.4 Å². The fraction of sp³-hybridized carbons (Fsp3) is 0.292. The molecule has 2 aromatic carbocycles. The molecule has 0 saturated carbocycles. The van der Waals surface area contributed by atoms with Crippen molar-refractivity contribution in [1.29, 1.82) is 0 Å². The molecule has 10 heteroatoms. The Balaban J connectivity index is 1.57. The maximum Gasteiger partial charge on any atom is 0.274 e. The van der Waals surface area contributed by atoms with E-state index in [-0.39, 0.29) is 29.9 Å². The van der Waals surface area contributed by atoms with Crippen molar-refractivity contribution in [3.05, 3.63) is 82.0 Å². The largest absolute Gasteiger partial charge is 0.501 e. The molecular formula is C24H25ClFN5O3. The summed E-state index contributed by atoms with van der Waals surface area (Å²) in [5.74, 6) is -2.17. The molecule has 0 bridgehead atoms. The smallest absolute Gasteiger partial charge is 0.274 e. The van der Waals surface area contributed by atoms with E-state index in [9.17, 15) is 19.4 Å². The topological polar surface area (TPSA) is 102 Å². The second kappa shape index (κ2) is 10.3. The number of carbonyl (C=O) groups is 1. The predicted octanol–water partition coefficient (Wildman–Crippen LogP) is 3.10. The number of halogens is 2. The van der Waals surface area contributed by atoms with Crippen molar-refractivity contribution in [2.75, 3.05) is 26.7 Å². The number of nitrogens with zero attached hydrogens (tertiary/aromatic N) is 4. The Morgan fingerprint density at radius 1 is 1.15 bits per heavy atom. The zero-order chi connectivity index (χ0) is 24.2.